The minimum absolute atomic E-state index is 0.488. The standard InChI is InChI=1S/C8H14N2O2/c1-7(2,3)8(4,5-9)6(11)12-10/h10H2,1-4H3. The van der Waals surface area contributed by atoms with Crippen molar-refractivity contribution in [2.45, 2.75) is 27.7 Å². The van der Waals surface area contributed by atoms with Gasteiger partial charge in [0.25, 0.3) is 0 Å². The van der Waals surface area contributed by atoms with E-state index < -0.39 is 16.8 Å². The average molecular weight is 170 g/mol. The van der Waals surface area contributed by atoms with Gasteiger partial charge >= 0.3 is 5.97 Å². The van der Waals surface area contributed by atoms with Crippen molar-refractivity contribution in [1.29, 1.82) is 5.26 Å². The van der Waals surface area contributed by atoms with Gasteiger partial charge in [-0.05, 0) is 12.3 Å². The molecule has 0 amide bonds. The molecule has 4 heteroatoms. The number of nitrogens with two attached hydrogens (primary N) is 1. The molecular weight excluding hydrogens is 156 g/mol. The second-order valence-electron chi connectivity index (χ2n) is 3.89. The van der Waals surface area contributed by atoms with Crippen LogP contribution in [0.5, 0.6) is 0 Å². The van der Waals surface area contributed by atoms with Gasteiger partial charge in [-0.3, -0.25) is 0 Å². The molecule has 0 aliphatic carbocycles. The quantitative estimate of drug-likeness (QED) is 0.595. The Morgan fingerprint density at radius 3 is 1.92 bits per heavy atom. The van der Waals surface area contributed by atoms with Crippen LogP contribution in [-0.2, 0) is 9.63 Å². The Balaban J connectivity index is 4.98. The van der Waals surface area contributed by atoms with Crippen LogP contribution >= 0.6 is 0 Å². The first-order valence-electron chi connectivity index (χ1n) is 3.62. The molecule has 0 aromatic rings. The van der Waals surface area contributed by atoms with Crippen LogP contribution in [0, 0.1) is 22.2 Å². The monoisotopic (exact) mass is 170 g/mol. The van der Waals surface area contributed by atoms with E-state index in [4.69, 9.17) is 11.2 Å². The van der Waals surface area contributed by atoms with Crippen molar-refractivity contribution in [2.24, 2.45) is 16.7 Å². The molecule has 2 N–H and O–H groups in total. The van der Waals surface area contributed by atoms with E-state index in [1.165, 1.54) is 6.92 Å². The maximum Gasteiger partial charge on any atom is 0.345 e. The van der Waals surface area contributed by atoms with E-state index >= 15 is 0 Å². The topological polar surface area (TPSA) is 76.1 Å². The number of nitriles is 1. The zero-order valence-corrected chi connectivity index (χ0v) is 7.84. The summed E-state index contributed by atoms with van der Waals surface area (Å²) in [6.07, 6.45) is 0. The first-order chi connectivity index (χ1) is 5.29. The summed E-state index contributed by atoms with van der Waals surface area (Å²) < 4.78 is 0. The molecule has 0 aliphatic heterocycles. The van der Waals surface area contributed by atoms with Gasteiger partial charge in [-0.1, -0.05) is 20.8 Å². The van der Waals surface area contributed by atoms with E-state index in [0.29, 0.717) is 0 Å². The smallest absolute Gasteiger partial charge is 0.345 e. The Labute approximate surface area is 72.3 Å². The van der Waals surface area contributed by atoms with Crippen molar-refractivity contribution < 1.29 is 9.63 Å². The van der Waals surface area contributed by atoms with Gasteiger partial charge in [0.05, 0.1) is 6.07 Å². The van der Waals surface area contributed by atoms with Gasteiger partial charge in [-0.15, -0.1) is 0 Å². The van der Waals surface area contributed by atoms with Gasteiger partial charge in [0, 0.05) is 0 Å². The molecule has 0 radical (unpaired) electrons. The highest BCUT2D eigenvalue weighted by atomic mass is 16.7. The van der Waals surface area contributed by atoms with E-state index in [2.05, 4.69) is 4.84 Å². The summed E-state index contributed by atoms with van der Waals surface area (Å²) >= 11 is 0. The maximum absolute atomic E-state index is 11.1. The number of hydrogen-bond donors (Lipinski definition) is 1. The summed E-state index contributed by atoms with van der Waals surface area (Å²) in [5.74, 6) is 4.03. The lowest BCUT2D eigenvalue weighted by Crippen LogP contribution is -2.41. The molecular formula is C8H14N2O2. The van der Waals surface area contributed by atoms with E-state index in [9.17, 15) is 4.79 Å². The Morgan fingerprint density at radius 2 is 1.83 bits per heavy atom. The van der Waals surface area contributed by atoms with Gasteiger partial charge < -0.3 is 4.84 Å². The highest BCUT2D eigenvalue weighted by molar-refractivity contribution is 5.80. The predicted molar refractivity (Wildman–Crippen MR) is 43.5 cm³/mol. The second-order valence-corrected chi connectivity index (χ2v) is 3.89. The summed E-state index contributed by atoms with van der Waals surface area (Å²) in [6, 6.07) is 1.91. The summed E-state index contributed by atoms with van der Waals surface area (Å²) in [6.45, 7) is 6.87. The molecule has 0 saturated carbocycles. The molecule has 0 aliphatic rings. The average Bonchev–Trinajstić information content (AvgIpc) is 1.99. The number of nitrogens with zero attached hydrogens (tertiary/aromatic N) is 1. The summed E-state index contributed by atoms with van der Waals surface area (Å²) in [5.41, 5.74) is -1.68. The van der Waals surface area contributed by atoms with Gasteiger partial charge in [0.2, 0.25) is 0 Å². The van der Waals surface area contributed by atoms with Crippen LogP contribution in [0.4, 0.5) is 0 Å². The Kier molecular flexibility index (Phi) is 2.83. The molecule has 0 spiro atoms. The van der Waals surface area contributed by atoms with Crippen molar-refractivity contribution in [2.75, 3.05) is 0 Å². The fraction of sp³-hybridized carbons (Fsp3) is 0.750. The molecule has 0 aromatic heterocycles. The molecule has 68 valence electrons. The lowest BCUT2D eigenvalue weighted by Gasteiger charge is -2.32. The summed E-state index contributed by atoms with van der Waals surface area (Å²) in [7, 11) is 0. The lowest BCUT2D eigenvalue weighted by molar-refractivity contribution is -0.157. The van der Waals surface area contributed by atoms with Crippen molar-refractivity contribution in [1.82, 2.24) is 0 Å². The third kappa shape index (κ3) is 1.56. The lowest BCUT2D eigenvalue weighted by atomic mass is 9.69. The first-order valence-corrected chi connectivity index (χ1v) is 3.62. The molecule has 12 heavy (non-hydrogen) atoms. The Bertz CT molecular complexity index is 224. The van der Waals surface area contributed by atoms with Gasteiger partial charge in [0.15, 0.2) is 5.41 Å². The minimum atomic E-state index is -1.19. The molecule has 0 heterocycles. The van der Waals surface area contributed by atoms with Crippen LogP contribution in [0.1, 0.15) is 27.7 Å². The third-order valence-electron chi connectivity index (χ3n) is 2.24. The number of rotatable bonds is 1. The van der Waals surface area contributed by atoms with E-state index in [0.717, 1.165) is 0 Å². The summed E-state index contributed by atoms with van der Waals surface area (Å²) in [5, 5.41) is 8.82. The van der Waals surface area contributed by atoms with Crippen LogP contribution in [-0.4, -0.2) is 5.97 Å². The highest BCUT2D eigenvalue weighted by Crippen LogP contribution is 2.38. The van der Waals surface area contributed by atoms with Crippen LogP contribution in [0.2, 0.25) is 0 Å². The minimum Gasteiger partial charge on any atom is -0.372 e. The van der Waals surface area contributed by atoms with Crippen LogP contribution in [0.3, 0.4) is 0 Å². The molecule has 1 atom stereocenters. The van der Waals surface area contributed by atoms with Gasteiger partial charge in [-0.2, -0.15) is 11.2 Å². The molecule has 4 nitrogen and oxygen atoms in total. The Hall–Kier alpha value is -1.08. The van der Waals surface area contributed by atoms with Crippen LogP contribution < -0.4 is 5.90 Å². The van der Waals surface area contributed by atoms with E-state index in [1.54, 1.807) is 20.8 Å². The van der Waals surface area contributed by atoms with Crippen molar-refractivity contribution in [3.8, 4) is 6.07 Å². The predicted octanol–water partition coefficient (Wildman–Crippen LogP) is 0.979. The molecule has 0 bridgehead atoms. The van der Waals surface area contributed by atoms with E-state index in [1.807, 2.05) is 6.07 Å². The van der Waals surface area contributed by atoms with Crippen LogP contribution in [0.15, 0.2) is 0 Å². The van der Waals surface area contributed by atoms with Crippen LogP contribution in [0.25, 0.3) is 0 Å². The number of carbonyl (C=O) groups excluding carboxylic acids is 1. The number of hydrogen-bond acceptors (Lipinski definition) is 4. The van der Waals surface area contributed by atoms with Crippen molar-refractivity contribution in [3.05, 3.63) is 0 Å². The van der Waals surface area contributed by atoms with Gasteiger partial charge in [0.1, 0.15) is 0 Å². The van der Waals surface area contributed by atoms with Crippen molar-refractivity contribution >= 4 is 5.97 Å². The Morgan fingerprint density at radius 1 is 1.42 bits per heavy atom. The second kappa shape index (κ2) is 3.11. The first kappa shape index (κ1) is 10.9. The molecule has 0 fully saturated rings. The van der Waals surface area contributed by atoms with Gasteiger partial charge in [-0.25, -0.2) is 4.79 Å². The molecule has 0 rings (SSSR count). The zero-order chi connectivity index (χ0) is 9.99. The zero-order valence-electron chi connectivity index (χ0n) is 7.84. The normalized spacial score (nSPS) is 16.0. The SMILES string of the molecule is CC(C)(C)C(C)(C#N)C(=O)ON. The van der Waals surface area contributed by atoms with Crippen molar-refractivity contribution in [3.63, 3.8) is 0 Å². The molecule has 0 saturated heterocycles. The highest BCUT2D eigenvalue weighted by Gasteiger charge is 2.46. The maximum atomic E-state index is 11.1. The van der Waals surface area contributed by atoms with E-state index in [-0.39, 0.29) is 0 Å². The fourth-order valence-electron chi connectivity index (χ4n) is 0.637. The molecule has 0 aromatic carbocycles. The fourth-order valence-corrected chi connectivity index (χ4v) is 0.637. The third-order valence-corrected chi connectivity index (χ3v) is 2.24. The number of carbonyl (C=O) groups is 1. The molecule has 1 unspecified atom stereocenters. The largest absolute Gasteiger partial charge is 0.372 e. The summed E-state index contributed by atoms with van der Waals surface area (Å²) in [4.78, 5) is 15.2.